The second-order valence-corrected chi connectivity index (χ2v) is 4.98. The quantitative estimate of drug-likeness (QED) is 0.739. The van der Waals surface area contributed by atoms with Crippen LogP contribution in [0, 0.1) is 0 Å². The molecule has 0 radical (unpaired) electrons. The molecule has 1 saturated heterocycles. The molecule has 0 N–H and O–H groups in total. The summed E-state index contributed by atoms with van der Waals surface area (Å²) >= 11 is 6.03. The smallest absolute Gasteiger partial charge is 0.256 e. The fourth-order valence-corrected chi connectivity index (χ4v) is 2.50. The number of rotatable bonds is 1. The third-order valence-electron chi connectivity index (χ3n) is 3.15. The summed E-state index contributed by atoms with van der Waals surface area (Å²) in [6, 6.07) is 5.48. The lowest BCUT2D eigenvalue weighted by atomic mass is 10.1. The Morgan fingerprint density at radius 2 is 2.17 bits per heavy atom. The van der Waals surface area contributed by atoms with Gasteiger partial charge in [-0.2, -0.15) is 0 Å². The van der Waals surface area contributed by atoms with Crippen molar-refractivity contribution in [2.75, 3.05) is 13.1 Å². The van der Waals surface area contributed by atoms with Crippen molar-refractivity contribution in [3.05, 3.63) is 36.2 Å². The van der Waals surface area contributed by atoms with Crippen LogP contribution in [-0.2, 0) is 0 Å². The minimum Gasteiger partial charge on any atom is -0.337 e. The van der Waals surface area contributed by atoms with E-state index >= 15 is 0 Å². The molecular weight excluding hydrogens is 250 g/mol. The van der Waals surface area contributed by atoms with E-state index in [9.17, 15) is 4.79 Å². The molecule has 5 heteroatoms. The predicted molar refractivity (Wildman–Crippen MR) is 69.7 cm³/mol. The van der Waals surface area contributed by atoms with Gasteiger partial charge >= 0.3 is 0 Å². The minimum absolute atomic E-state index is 0.00995. The number of carbonyl (C=O) groups excluding carboxylic acids is 1. The van der Waals surface area contributed by atoms with Crippen molar-refractivity contribution < 1.29 is 4.79 Å². The van der Waals surface area contributed by atoms with Crippen molar-refractivity contribution in [2.45, 2.75) is 11.8 Å². The monoisotopic (exact) mass is 261 g/mol. The number of para-hydroxylation sites is 1. The van der Waals surface area contributed by atoms with Crippen molar-refractivity contribution in [1.29, 1.82) is 0 Å². The minimum atomic E-state index is -0.00995. The third-order valence-corrected chi connectivity index (χ3v) is 3.50. The molecule has 0 aliphatic carbocycles. The van der Waals surface area contributed by atoms with Gasteiger partial charge in [0.25, 0.3) is 5.91 Å². The van der Waals surface area contributed by atoms with Gasteiger partial charge in [0.15, 0.2) is 0 Å². The van der Waals surface area contributed by atoms with Gasteiger partial charge in [-0.3, -0.25) is 14.8 Å². The van der Waals surface area contributed by atoms with Gasteiger partial charge in [0.1, 0.15) is 5.52 Å². The van der Waals surface area contributed by atoms with Crippen molar-refractivity contribution in [2.24, 2.45) is 0 Å². The molecule has 0 bridgehead atoms. The Hall–Kier alpha value is -1.68. The summed E-state index contributed by atoms with van der Waals surface area (Å²) in [6.45, 7) is 1.32. The Bertz CT molecular complexity index is 596. The molecule has 1 aromatic carbocycles. The van der Waals surface area contributed by atoms with Crippen LogP contribution >= 0.6 is 11.6 Å². The van der Waals surface area contributed by atoms with Gasteiger partial charge in [0, 0.05) is 25.5 Å². The van der Waals surface area contributed by atoms with Gasteiger partial charge in [-0.1, -0.05) is 6.07 Å². The Labute approximate surface area is 110 Å². The Balaban J connectivity index is 2.01. The average molecular weight is 262 g/mol. The second kappa shape index (κ2) is 4.53. The van der Waals surface area contributed by atoms with Crippen LogP contribution in [0.1, 0.15) is 16.8 Å². The third kappa shape index (κ3) is 1.93. The summed E-state index contributed by atoms with van der Waals surface area (Å²) in [4.78, 5) is 22.6. The topological polar surface area (TPSA) is 46.1 Å². The summed E-state index contributed by atoms with van der Waals surface area (Å²) in [5.74, 6) is -0.00995. The Kier molecular flexibility index (Phi) is 2.88. The number of likely N-dealkylation sites (tertiary alicyclic amines) is 1. The van der Waals surface area contributed by atoms with Crippen molar-refractivity contribution >= 4 is 28.5 Å². The van der Waals surface area contributed by atoms with Gasteiger partial charge in [0.2, 0.25) is 0 Å². The zero-order valence-electron chi connectivity index (χ0n) is 9.71. The molecule has 1 amide bonds. The first kappa shape index (κ1) is 11.4. The molecule has 18 heavy (non-hydrogen) atoms. The number of hydrogen-bond donors (Lipinski definition) is 0. The molecule has 1 fully saturated rings. The SMILES string of the molecule is O=C(c1cccc2nccnc12)N1CCC(Cl)C1. The predicted octanol–water partition coefficient (Wildman–Crippen LogP) is 2.08. The molecular formula is C13H12ClN3O. The first-order valence-electron chi connectivity index (χ1n) is 5.89. The van der Waals surface area contributed by atoms with E-state index in [2.05, 4.69) is 9.97 Å². The fourth-order valence-electron chi connectivity index (χ4n) is 2.24. The molecule has 0 saturated carbocycles. The number of fused-ring (bicyclic) bond motifs is 1. The number of carbonyl (C=O) groups is 1. The summed E-state index contributed by atoms with van der Waals surface area (Å²) < 4.78 is 0. The highest BCUT2D eigenvalue weighted by Gasteiger charge is 2.26. The van der Waals surface area contributed by atoms with Crippen molar-refractivity contribution in [3.8, 4) is 0 Å². The Morgan fingerprint density at radius 1 is 1.33 bits per heavy atom. The first-order chi connectivity index (χ1) is 8.75. The van der Waals surface area contributed by atoms with Crippen LogP contribution in [0.15, 0.2) is 30.6 Å². The molecule has 1 unspecified atom stereocenters. The normalized spacial score (nSPS) is 19.4. The zero-order valence-corrected chi connectivity index (χ0v) is 10.5. The van der Waals surface area contributed by atoms with E-state index in [0.717, 1.165) is 11.9 Å². The highest BCUT2D eigenvalue weighted by atomic mass is 35.5. The molecule has 2 aromatic rings. The summed E-state index contributed by atoms with van der Waals surface area (Å²) in [5.41, 5.74) is 2.00. The molecule has 1 atom stereocenters. The summed E-state index contributed by atoms with van der Waals surface area (Å²) in [5, 5.41) is 0.0648. The highest BCUT2D eigenvalue weighted by Crippen LogP contribution is 2.20. The molecule has 3 rings (SSSR count). The van der Waals surface area contributed by atoms with E-state index < -0.39 is 0 Å². The van der Waals surface area contributed by atoms with Gasteiger partial charge < -0.3 is 4.90 Å². The van der Waals surface area contributed by atoms with E-state index in [0.29, 0.717) is 24.2 Å². The maximum absolute atomic E-state index is 12.4. The van der Waals surface area contributed by atoms with Crippen LogP contribution in [0.2, 0.25) is 0 Å². The standard InChI is InChI=1S/C13H12ClN3O/c14-9-4-7-17(8-9)13(18)10-2-1-3-11-12(10)16-6-5-15-11/h1-3,5-6,9H,4,7-8H2. The van der Waals surface area contributed by atoms with Gasteiger partial charge in [-0.15, -0.1) is 11.6 Å². The number of aromatic nitrogens is 2. The molecule has 2 heterocycles. The number of halogens is 1. The van der Waals surface area contributed by atoms with Crippen LogP contribution in [0.4, 0.5) is 0 Å². The molecule has 4 nitrogen and oxygen atoms in total. The maximum Gasteiger partial charge on any atom is 0.256 e. The lowest BCUT2D eigenvalue weighted by Crippen LogP contribution is -2.29. The Morgan fingerprint density at radius 3 is 2.94 bits per heavy atom. The zero-order chi connectivity index (χ0) is 12.5. The number of nitrogens with zero attached hydrogens (tertiary/aromatic N) is 3. The second-order valence-electron chi connectivity index (χ2n) is 4.37. The van der Waals surface area contributed by atoms with Crippen molar-refractivity contribution in [1.82, 2.24) is 14.9 Å². The van der Waals surface area contributed by atoms with E-state index in [1.807, 2.05) is 12.1 Å². The fraction of sp³-hybridized carbons (Fsp3) is 0.308. The number of hydrogen-bond acceptors (Lipinski definition) is 3. The molecule has 1 aliphatic rings. The lowest BCUT2D eigenvalue weighted by Gasteiger charge is -2.16. The molecule has 92 valence electrons. The highest BCUT2D eigenvalue weighted by molar-refractivity contribution is 6.21. The number of amides is 1. The van der Waals surface area contributed by atoms with E-state index in [4.69, 9.17) is 11.6 Å². The largest absolute Gasteiger partial charge is 0.337 e. The van der Waals surface area contributed by atoms with Crippen LogP contribution in [0.5, 0.6) is 0 Å². The molecule has 0 spiro atoms. The summed E-state index contributed by atoms with van der Waals surface area (Å²) in [7, 11) is 0. The van der Waals surface area contributed by atoms with Crippen LogP contribution in [0.3, 0.4) is 0 Å². The summed E-state index contributed by atoms with van der Waals surface area (Å²) in [6.07, 6.45) is 4.08. The van der Waals surface area contributed by atoms with Gasteiger partial charge in [-0.05, 0) is 18.6 Å². The average Bonchev–Trinajstić information content (AvgIpc) is 2.84. The lowest BCUT2D eigenvalue weighted by molar-refractivity contribution is 0.0795. The van der Waals surface area contributed by atoms with Crippen LogP contribution in [0.25, 0.3) is 11.0 Å². The van der Waals surface area contributed by atoms with Gasteiger partial charge in [-0.25, -0.2) is 0 Å². The van der Waals surface area contributed by atoms with E-state index in [1.54, 1.807) is 23.4 Å². The van der Waals surface area contributed by atoms with Gasteiger partial charge in [0.05, 0.1) is 16.5 Å². The molecule has 1 aliphatic heterocycles. The van der Waals surface area contributed by atoms with E-state index in [-0.39, 0.29) is 11.3 Å². The van der Waals surface area contributed by atoms with E-state index in [1.165, 1.54) is 0 Å². The van der Waals surface area contributed by atoms with Crippen molar-refractivity contribution in [3.63, 3.8) is 0 Å². The van der Waals surface area contributed by atoms with Crippen LogP contribution < -0.4 is 0 Å². The number of alkyl halides is 1. The van der Waals surface area contributed by atoms with Crippen LogP contribution in [-0.4, -0.2) is 39.2 Å². The maximum atomic E-state index is 12.4. The first-order valence-corrected chi connectivity index (χ1v) is 6.32. The number of benzene rings is 1. The molecule has 1 aromatic heterocycles.